The normalized spacial score (nSPS) is 11.9. The van der Waals surface area contributed by atoms with Crippen LogP contribution < -0.4 is 4.74 Å². The van der Waals surface area contributed by atoms with Crippen LogP contribution in [-0.4, -0.2) is 17.2 Å². The highest BCUT2D eigenvalue weighted by Crippen LogP contribution is 2.24. The van der Waals surface area contributed by atoms with Crippen molar-refractivity contribution in [3.8, 4) is 16.9 Å². The summed E-state index contributed by atoms with van der Waals surface area (Å²) >= 11 is 3.41. The zero-order chi connectivity index (χ0) is 14.5. The van der Waals surface area contributed by atoms with Crippen molar-refractivity contribution in [2.24, 2.45) is 0 Å². The number of carboxylic acid groups (broad SMARTS) is 1. The van der Waals surface area contributed by atoms with Crippen LogP contribution in [0.1, 0.15) is 13.3 Å². The standard InChI is InChI=1S/C16H15BrO3/c1-11(10-16(18)19)20-15-8-4-13(5-9-15)12-2-6-14(17)7-3-12/h2-9,11H,10H2,1H3,(H,18,19)/t11-/m1/s1. The molecule has 104 valence electrons. The zero-order valence-electron chi connectivity index (χ0n) is 11.0. The third-order valence-corrected chi connectivity index (χ3v) is 3.36. The highest BCUT2D eigenvalue weighted by Gasteiger charge is 2.09. The second-order valence-corrected chi connectivity index (χ2v) is 5.47. The Balaban J connectivity index is 2.06. The molecule has 0 bridgehead atoms. The molecule has 0 heterocycles. The summed E-state index contributed by atoms with van der Waals surface area (Å²) in [6, 6.07) is 15.7. The van der Waals surface area contributed by atoms with Gasteiger partial charge in [-0.1, -0.05) is 40.2 Å². The minimum atomic E-state index is -0.857. The number of carbonyl (C=O) groups is 1. The minimum Gasteiger partial charge on any atom is -0.490 e. The lowest BCUT2D eigenvalue weighted by atomic mass is 10.1. The molecule has 0 amide bonds. The summed E-state index contributed by atoms with van der Waals surface area (Å²) in [4.78, 5) is 10.6. The van der Waals surface area contributed by atoms with Crippen molar-refractivity contribution in [1.29, 1.82) is 0 Å². The lowest BCUT2D eigenvalue weighted by Crippen LogP contribution is -2.16. The molecule has 4 heteroatoms. The fourth-order valence-electron chi connectivity index (χ4n) is 1.89. The van der Waals surface area contributed by atoms with Gasteiger partial charge in [0.2, 0.25) is 0 Å². The van der Waals surface area contributed by atoms with E-state index in [1.807, 2.05) is 48.5 Å². The van der Waals surface area contributed by atoms with Crippen molar-refractivity contribution < 1.29 is 14.6 Å². The quantitative estimate of drug-likeness (QED) is 0.883. The Hall–Kier alpha value is -1.81. The van der Waals surface area contributed by atoms with E-state index in [0.29, 0.717) is 5.75 Å². The summed E-state index contributed by atoms with van der Waals surface area (Å²) in [5.41, 5.74) is 2.22. The van der Waals surface area contributed by atoms with E-state index in [4.69, 9.17) is 9.84 Å². The monoisotopic (exact) mass is 334 g/mol. The molecule has 20 heavy (non-hydrogen) atoms. The Labute approximate surface area is 126 Å². The van der Waals surface area contributed by atoms with Crippen molar-refractivity contribution in [2.45, 2.75) is 19.4 Å². The van der Waals surface area contributed by atoms with Crippen LogP contribution in [0.4, 0.5) is 0 Å². The smallest absolute Gasteiger partial charge is 0.307 e. The van der Waals surface area contributed by atoms with Crippen molar-refractivity contribution in [3.63, 3.8) is 0 Å². The lowest BCUT2D eigenvalue weighted by Gasteiger charge is -2.13. The van der Waals surface area contributed by atoms with Gasteiger partial charge in [0.25, 0.3) is 0 Å². The summed E-state index contributed by atoms with van der Waals surface area (Å²) < 4.78 is 6.59. The van der Waals surface area contributed by atoms with E-state index in [1.165, 1.54) is 0 Å². The molecule has 0 aromatic heterocycles. The maximum absolute atomic E-state index is 10.6. The number of aliphatic carboxylic acids is 1. The van der Waals surface area contributed by atoms with Crippen LogP contribution in [0.3, 0.4) is 0 Å². The van der Waals surface area contributed by atoms with Gasteiger partial charge in [-0.2, -0.15) is 0 Å². The van der Waals surface area contributed by atoms with Crippen LogP contribution in [-0.2, 0) is 4.79 Å². The number of rotatable bonds is 5. The molecule has 3 nitrogen and oxygen atoms in total. The molecule has 1 atom stereocenters. The fraction of sp³-hybridized carbons (Fsp3) is 0.188. The highest BCUT2D eigenvalue weighted by atomic mass is 79.9. The number of hydrogen-bond acceptors (Lipinski definition) is 2. The predicted molar refractivity (Wildman–Crippen MR) is 81.9 cm³/mol. The molecule has 2 aromatic carbocycles. The largest absolute Gasteiger partial charge is 0.490 e. The van der Waals surface area contributed by atoms with Gasteiger partial charge >= 0.3 is 5.97 Å². The molecule has 0 fully saturated rings. The molecule has 0 aliphatic rings. The first-order chi connectivity index (χ1) is 9.54. The molecule has 0 radical (unpaired) electrons. The summed E-state index contributed by atoms with van der Waals surface area (Å²) in [7, 11) is 0. The molecule has 1 N–H and O–H groups in total. The molecule has 0 aliphatic heterocycles. The van der Waals surface area contributed by atoms with Crippen LogP contribution in [0.5, 0.6) is 5.75 Å². The number of halogens is 1. The van der Waals surface area contributed by atoms with Crippen molar-refractivity contribution >= 4 is 21.9 Å². The van der Waals surface area contributed by atoms with Gasteiger partial charge in [-0.05, 0) is 42.3 Å². The van der Waals surface area contributed by atoms with Crippen LogP contribution >= 0.6 is 15.9 Å². The predicted octanol–water partition coefficient (Wildman–Crippen LogP) is 4.36. The third-order valence-electron chi connectivity index (χ3n) is 2.83. The van der Waals surface area contributed by atoms with Gasteiger partial charge in [0.05, 0.1) is 6.42 Å². The molecule has 0 saturated heterocycles. The fourth-order valence-corrected chi connectivity index (χ4v) is 2.15. The van der Waals surface area contributed by atoms with Crippen LogP contribution in [0.15, 0.2) is 53.0 Å². The Morgan fingerprint density at radius 2 is 1.60 bits per heavy atom. The first kappa shape index (κ1) is 14.6. The molecule has 0 unspecified atom stereocenters. The summed E-state index contributed by atoms with van der Waals surface area (Å²) in [5.74, 6) is -0.177. The lowest BCUT2D eigenvalue weighted by molar-refractivity contribution is -0.138. The van der Waals surface area contributed by atoms with E-state index in [9.17, 15) is 4.79 Å². The average molecular weight is 335 g/mol. The number of benzene rings is 2. The number of hydrogen-bond donors (Lipinski definition) is 1. The average Bonchev–Trinajstić information content (AvgIpc) is 2.39. The Kier molecular flexibility index (Phi) is 4.79. The van der Waals surface area contributed by atoms with Gasteiger partial charge in [0.1, 0.15) is 11.9 Å². The van der Waals surface area contributed by atoms with Crippen molar-refractivity contribution in [2.75, 3.05) is 0 Å². The van der Waals surface area contributed by atoms with Gasteiger partial charge in [-0.15, -0.1) is 0 Å². The minimum absolute atomic E-state index is 0.00549. The third kappa shape index (κ3) is 4.10. The van der Waals surface area contributed by atoms with Gasteiger partial charge < -0.3 is 9.84 Å². The number of carboxylic acids is 1. The maximum Gasteiger partial charge on any atom is 0.307 e. The molecule has 0 spiro atoms. The molecule has 2 aromatic rings. The summed E-state index contributed by atoms with van der Waals surface area (Å²) in [6.07, 6.45) is -0.347. The highest BCUT2D eigenvalue weighted by molar-refractivity contribution is 9.10. The molecule has 0 aliphatic carbocycles. The molecule has 0 saturated carbocycles. The summed E-state index contributed by atoms with van der Waals surface area (Å²) in [6.45, 7) is 1.75. The maximum atomic E-state index is 10.6. The van der Waals surface area contributed by atoms with E-state index in [0.717, 1.165) is 15.6 Å². The topological polar surface area (TPSA) is 46.5 Å². The Morgan fingerprint density at radius 3 is 2.10 bits per heavy atom. The number of ether oxygens (including phenoxy) is 1. The first-order valence-electron chi connectivity index (χ1n) is 6.29. The van der Waals surface area contributed by atoms with E-state index >= 15 is 0 Å². The zero-order valence-corrected chi connectivity index (χ0v) is 12.6. The van der Waals surface area contributed by atoms with E-state index in [-0.39, 0.29) is 12.5 Å². The van der Waals surface area contributed by atoms with Gasteiger partial charge in [0, 0.05) is 4.47 Å². The Bertz CT molecular complexity index is 576. The van der Waals surface area contributed by atoms with Crippen LogP contribution in [0, 0.1) is 0 Å². The van der Waals surface area contributed by atoms with E-state index in [2.05, 4.69) is 15.9 Å². The molecular formula is C16H15BrO3. The molecular weight excluding hydrogens is 320 g/mol. The van der Waals surface area contributed by atoms with Gasteiger partial charge in [-0.3, -0.25) is 4.79 Å². The van der Waals surface area contributed by atoms with Crippen molar-refractivity contribution in [3.05, 3.63) is 53.0 Å². The van der Waals surface area contributed by atoms with Crippen LogP contribution in [0.2, 0.25) is 0 Å². The van der Waals surface area contributed by atoms with Crippen LogP contribution in [0.25, 0.3) is 11.1 Å². The van der Waals surface area contributed by atoms with Gasteiger partial charge in [-0.25, -0.2) is 0 Å². The first-order valence-corrected chi connectivity index (χ1v) is 7.08. The SMILES string of the molecule is C[C@H](CC(=O)O)Oc1ccc(-c2ccc(Br)cc2)cc1. The Morgan fingerprint density at radius 1 is 1.10 bits per heavy atom. The second kappa shape index (κ2) is 6.57. The molecule has 2 rings (SSSR count). The van der Waals surface area contributed by atoms with E-state index in [1.54, 1.807) is 6.92 Å². The second-order valence-electron chi connectivity index (χ2n) is 4.56. The van der Waals surface area contributed by atoms with E-state index < -0.39 is 5.97 Å². The van der Waals surface area contributed by atoms with Crippen molar-refractivity contribution in [1.82, 2.24) is 0 Å². The summed E-state index contributed by atoms with van der Waals surface area (Å²) in [5, 5.41) is 8.69. The van der Waals surface area contributed by atoms with Gasteiger partial charge in [0.15, 0.2) is 0 Å².